The lowest BCUT2D eigenvalue weighted by atomic mass is 10.1. The molecule has 3 heteroatoms. The van der Waals surface area contributed by atoms with Crippen molar-refractivity contribution in [1.29, 1.82) is 5.26 Å². The fourth-order valence-electron chi connectivity index (χ4n) is 2.17. The van der Waals surface area contributed by atoms with Gasteiger partial charge < -0.3 is 4.90 Å². The minimum absolute atomic E-state index is 0.0184. The van der Waals surface area contributed by atoms with Crippen LogP contribution < -0.4 is 0 Å². The van der Waals surface area contributed by atoms with Crippen molar-refractivity contribution in [2.45, 2.75) is 19.9 Å². The molecule has 106 valence electrons. The molecule has 0 atom stereocenters. The van der Waals surface area contributed by atoms with Crippen molar-refractivity contribution < 1.29 is 4.79 Å². The van der Waals surface area contributed by atoms with E-state index in [9.17, 15) is 4.79 Å². The molecule has 2 aromatic carbocycles. The molecule has 0 aliphatic rings. The van der Waals surface area contributed by atoms with Gasteiger partial charge in [-0.15, -0.1) is 0 Å². The van der Waals surface area contributed by atoms with E-state index in [4.69, 9.17) is 5.26 Å². The molecule has 3 nitrogen and oxygen atoms in total. The molecule has 0 heterocycles. The van der Waals surface area contributed by atoms with E-state index in [0.717, 1.165) is 11.1 Å². The highest BCUT2D eigenvalue weighted by Crippen LogP contribution is 2.11. The SMILES string of the molecule is CCN(Cc1ccccc1)C(=O)c1ccc(CC#N)cc1. The highest BCUT2D eigenvalue weighted by molar-refractivity contribution is 5.94. The Kier molecular flexibility index (Phi) is 5.11. The maximum Gasteiger partial charge on any atom is 0.254 e. The molecule has 0 saturated carbocycles. The molecule has 0 radical (unpaired) electrons. The summed E-state index contributed by atoms with van der Waals surface area (Å²) in [6, 6.07) is 19.3. The zero-order valence-corrected chi connectivity index (χ0v) is 12.1. The van der Waals surface area contributed by atoms with E-state index in [-0.39, 0.29) is 5.91 Å². The molecule has 21 heavy (non-hydrogen) atoms. The molecule has 0 unspecified atom stereocenters. The topological polar surface area (TPSA) is 44.1 Å². The van der Waals surface area contributed by atoms with Gasteiger partial charge in [0.15, 0.2) is 0 Å². The molecule has 0 bridgehead atoms. The average molecular weight is 278 g/mol. The molecule has 0 N–H and O–H groups in total. The van der Waals surface area contributed by atoms with Crippen molar-refractivity contribution in [1.82, 2.24) is 4.90 Å². The fraction of sp³-hybridized carbons (Fsp3) is 0.222. The Morgan fingerprint density at radius 1 is 1.05 bits per heavy atom. The molecule has 0 saturated heterocycles. The molecule has 2 aromatic rings. The van der Waals surface area contributed by atoms with Gasteiger partial charge in [0.05, 0.1) is 12.5 Å². The first-order chi connectivity index (χ1) is 10.2. The lowest BCUT2D eigenvalue weighted by molar-refractivity contribution is 0.0752. The molecular weight excluding hydrogens is 260 g/mol. The van der Waals surface area contributed by atoms with E-state index < -0.39 is 0 Å². The van der Waals surface area contributed by atoms with E-state index in [1.54, 1.807) is 12.1 Å². The summed E-state index contributed by atoms with van der Waals surface area (Å²) >= 11 is 0. The van der Waals surface area contributed by atoms with Crippen molar-refractivity contribution in [3.63, 3.8) is 0 Å². The number of carbonyl (C=O) groups is 1. The first-order valence-electron chi connectivity index (χ1n) is 7.03. The second-order valence-electron chi connectivity index (χ2n) is 4.84. The van der Waals surface area contributed by atoms with Gasteiger partial charge in [-0.3, -0.25) is 4.79 Å². The van der Waals surface area contributed by atoms with Gasteiger partial charge in [-0.1, -0.05) is 42.5 Å². The third-order valence-corrected chi connectivity index (χ3v) is 3.37. The van der Waals surface area contributed by atoms with E-state index >= 15 is 0 Å². The minimum Gasteiger partial charge on any atom is -0.335 e. The van der Waals surface area contributed by atoms with Gasteiger partial charge in [0, 0.05) is 18.7 Å². The molecular formula is C18H18N2O. The first kappa shape index (κ1) is 14.8. The Labute approximate surface area is 125 Å². The Morgan fingerprint density at radius 2 is 1.71 bits per heavy atom. The molecule has 0 aliphatic carbocycles. The summed E-state index contributed by atoms with van der Waals surface area (Å²) in [6.45, 7) is 3.24. The van der Waals surface area contributed by atoms with Crippen LogP contribution in [-0.2, 0) is 13.0 Å². The quantitative estimate of drug-likeness (QED) is 0.841. The normalized spacial score (nSPS) is 9.90. The Balaban J connectivity index is 2.11. The van der Waals surface area contributed by atoms with Gasteiger partial charge in [-0.2, -0.15) is 5.26 Å². The second kappa shape index (κ2) is 7.25. The Hall–Kier alpha value is -2.60. The highest BCUT2D eigenvalue weighted by atomic mass is 16.2. The minimum atomic E-state index is 0.0184. The molecule has 0 fully saturated rings. The standard InChI is InChI=1S/C18H18N2O/c1-2-20(14-16-6-4-3-5-7-16)18(21)17-10-8-15(9-11-17)12-13-19/h3-11H,2,12,14H2,1H3. The number of hydrogen-bond acceptors (Lipinski definition) is 2. The summed E-state index contributed by atoms with van der Waals surface area (Å²) in [7, 11) is 0. The van der Waals surface area contributed by atoms with Crippen molar-refractivity contribution in [3.8, 4) is 6.07 Å². The number of nitrogens with zero attached hydrogens (tertiary/aromatic N) is 2. The van der Waals surface area contributed by atoms with Crippen LogP contribution in [0.15, 0.2) is 54.6 Å². The van der Waals surface area contributed by atoms with Gasteiger partial charge in [0.2, 0.25) is 0 Å². The van der Waals surface area contributed by atoms with Crippen molar-refractivity contribution in [3.05, 3.63) is 71.3 Å². The predicted octanol–water partition coefficient (Wildman–Crippen LogP) is 3.41. The van der Waals surface area contributed by atoms with Crippen LogP contribution in [-0.4, -0.2) is 17.4 Å². The number of amides is 1. The average Bonchev–Trinajstić information content (AvgIpc) is 2.54. The Morgan fingerprint density at radius 3 is 2.29 bits per heavy atom. The predicted molar refractivity (Wildman–Crippen MR) is 82.6 cm³/mol. The summed E-state index contributed by atoms with van der Waals surface area (Å²) in [5, 5.41) is 8.66. The molecule has 1 amide bonds. The monoisotopic (exact) mass is 278 g/mol. The maximum absolute atomic E-state index is 12.5. The number of hydrogen-bond donors (Lipinski definition) is 0. The van der Waals surface area contributed by atoms with Crippen LogP contribution in [0.3, 0.4) is 0 Å². The van der Waals surface area contributed by atoms with Crippen LogP contribution in [0.2, 0.25) is 0 Å². The highest BCUT2D eigenvalue weighted by Gasteiger charge is 2.14. The molecule has 0 spiro atoms. The van der Waals surface area contributed by atoms with Crippen molar-refractivity contribution in [2.75, 3.05) is 6.54 Å². The van der Waals surface area contributed by atoms with Crippen molar-refractivity contribution in [2.24, 2.45) is 0 Å². The summed E-state index contributed by atoms with van der Waals surface area (Å²) in [5.74, 6) is 0.0184. The lowest BCUT2D eigenvalue weighted by Crippen LogP contribution is -2.30. The maximum atomic E-state index is 12.5. The van der Waals surface area contributed by atoms with Gasteiger partial charge in [-0.25, -0.2) is 0 Å². The van der Waals surface area contributed by atoms with Gasteiger partial charge in [0.1, 0.15) is 0 Å². The lowest BCUT2D eigenvalue weighted by Gasteiger charge is -2.21. The summed E-state index contributed by atoms with van der Waals surface area (Å²) in [6.07, 6.45) is 0.371. The summed E-state index contributed by atoms with van der Waals surface area (Å²) in [4.78, 5) is 14.3. The number of benzene rings is 2. The zero-order chi connectivity index (χ0) is 15.1. The van der Waals surface area contributed by atoms with E-state index in [0.29, 0.717) is 25.1 Å². The van der Waals surface area contributed by atoms with E-state index in [2.05, 4.69) is 6.07 Å². The van der Waals surface area contributed by atoms with Crippen LogP contribution in [0.4, 0.5) is 0 Å². The summed E-state index contributed by atoms with van der Waals surface area (Å²) < 4.78 is 0. The largest absolute Gasteiger partial charge is 0.335 e. The zero-order valence-electron chi connectivity index (χ0n) is 12.1. The molecule has 2 rings (SSSR count). The number of carbonyl (C=O) groups excluding carboxylic acids is 1. The fourth-order valence-corrected chi connectivity index (χ4v) is 2.17. The van der Waals surface area contributed by atoms with E-state index in [1.165, 1.54) is 0 Å². The number of rotatable bonds is 5. The van der Waals surface area contributed by atoms with Crippen LogP contribution in [0.1, 0.15) is 28.4 Å². The van der Waals surface area contributed by atoms with Crippen LogP contribution in [0.25, 0.3) is 0 Å². The van der Waals surface area contributed by atoms with Crippen LogP contribution >= 0.6 is 0 Å². The first-order valence-corrected chi connectivity index (χ1v) is 7.03. The Bertz CT molecular complexity index is 627. The number of nitriles is 1. The van der Waals surface area contributed by atoms with Crippen molar-refractivity contribution >= 4 is 5.91 Å². The van der Waals surface area contributed by atoms with E-state index in [1.807, 2.05) is 54.3 Å². The van der Waals surface area contributed by atoms with Crippen LogP contribution in [0, 0.1) is 11.3 Å². The molecule has 0 aliphatic heterocycles. The van der Waals surface area contributed by atoms with Gasteiger partial charge in [0.25, 0.3) is 5.91 Å². The third-order valence-electron chi connectivity index (χ3n) is 3.37. The molecule has 0 aromatic heterocycles. The second-order valence-corrected chi connectivity index (χ2v) is 4.84. The smallest absolute Gasteiger partial charge is 0.254 e. The summed E-state index contributed by atoms with van der Waals surface area (Å²) in [5.41, 5.74) is 2.71. The van der Waals surface area contributed by atoms with Gasteiger partial charge >= 0.3 is 0 Å². The van der Waals surface area contributed by atoms with Gasteiger partial charge in [-0.05, 0) is 30.2 Å². The third kappa shape index (κ3) is 3.93. The van der Waals surface area contributed by atoms with Crippen LogP contribution in [0.5, 0.6) is 0 Å².